The van der Waals surface area contributed by atoms with Crippen LogP contribution in [-0.2, 0) is 11.3 Å². The molecule has 180 valence electrons. The normalized spacial score (nSPS) is 15.1. The van der Waals surface area contributed by atoms with Crippen molar-refractivity contribution < 1.29 is 14.6 Å². The number of ether oxygens (including phenoxy) is 1. The number of H-pyrrole nitrogens is 1. The lowest BCUT2D eigenvalue weighted by Gasteiger charge is -2.37. The summed E-state index contributed by atoms with van der Waals surface area (Å²) in [6.07, 6.45) is 0.665. The highest BCUT2D eigenvalue weighted by atomic mass is 16.5. The second-order valence-corrected chi connectivity index (χ2v) is 8.73. The molecular formula is C25H32N6O3. The first-order valence-electron chi connectivity index (χ1n) is 11.6. The second kappa shape index (κ2) is 10.1. The lowest BCUT2D eigenvalue weighted by Crippen LogP contribution is -2.53. The van der Waals surface area contributed by atoms with Crippen LogP contribution < -0.4 is 20.3 Å². The number of aliphatic hydroxyl groups is 1. The predicted molar refractivity (Wildman–Crippen MR) is 131 cm³/mol. The molecule has 1 fully saturated rings. The van der Waals surface area contributed by atoms with Crippen LogP contribution in [-0.4, -0.2) is 51.5 Å². The number of pyridine rings is 1. The largest absolute Gasteiger partial charge is 0.494 e. The highest BCUT2D eigenvalue weighted by Gasteiger charge is 2.39. The van der Waals surface area contributed by atoms with E-state index in [-0.39, 0.29) is 5.91 Å². The summed E-state index contributed by atoms with van der Waals surface area (Å²) >= 11 is 0. The van der Waals surface area contributed by atoms with E-state index in [2.05, 4.69) is 25.7 Å². The fraction of sp³-hybridized carbons (Fsp3) is 0.400. The zero-order valence-electron chi connectivity index (χ0n) is 19.9. The number of aromatic nitrogens is 3. The van der Waals surface area contributed by atoms with E-state index in [4.69, 9.17) is 9.72 Å². The first-order valence-corrected chi connectivity index (χ1v) is 11.6. The first kappa shape index (κ1) is 23.6. The zero-order chi connectivity index (χ0) is 24.1. The quantitative estimate of drug-likeness (QED) is 0.405. The molecule has 3 heterocycles. The van der Waals surface area contributed by atoms with Gasteiger partial charge in [-0.15, -0.1) is 0 Å². The van der Waals surface area contributed by atoms with Crippen molar-refractivity contribution in [2.75, 3.05) is 29.9 Å². The smallest absolute Gasteiger partial charge is 0.252 e. The molecule has 1 amide bonds. The van der Waals surface area contributed by atoms with Crippen LogP contribution in [0.1, 0.15) is 36.6 Å². The molecule has 1 aliphatic rings. The van der Waals surface area contributed by atoms with Gasteiger partial charge in [-0.3, -0.25) is 9.89 Å². The van der Waals surface area contributed by atoms with E-state index in [0.717, 1.165) is 28.4 Å². The lowest BCUT2D eigenvalue weighted by atomic mass is 9.90. The fourth-order valence-electron chi connectivity index (χ4n) is 4.04. The summed E-state index contributed by atoms with van der Waals surface area (Å²) in [6, 6.07) is 13.5. The van der Waals surface area contributed by atoms with E-state index in [0.29, 0.717) is 50.7 Å². The third-order valence-electron chi connectivity index (χ3n) is 5.94. The van der Waals surface area contributed by atoms with Crippen LogP contribution in [0.2, 0.25) is 0 Å². The van der Waals surface area contributed by atoms with Crippen molar-refractivity contribution in [1.29, 1.82) is 0 Å². The van der Waals surface area contributed by atoms with Gasteiger partial charge >= 0.3 is 0 Å². The molecule has 2 aromatic heterocycles. The maximum atomic E-state index is 12.8. The average Bonchev–Trinajstić information content (AvgIpc) is 3.23. The number of anilines is 3. The molecule has 0 bridgehead atoms. The summed E-state index contributed by atoms with van der Waals surface area (Å²) in [5, 5.41) is 24.2. The van der Waals surface area contributed by atoms with Crippen LogP contribution in [0.5, 0.6) is 5.75 Å². The Labute approximate surface area is 199 Å². The Morgan fingerprint density at radius 3 is 2.53 bits per heavy atom. The predicted octanol–water partition coefficient (Wildman–Crippen LogP) is 3.21. The highest BCUT2D eigenvalue weighted by Crippen LogP contribution is 2.28. The van der Waals surface area contributed by atoms with Gasteiger partial charge in [-0.05, 0) is 56.2 Å². The van der Waals surface area contributed by atoms with Crippen molar-refractivity contribution in [2.24, 2.45) is 0 Å². The van der Waals surface area contributed by atoms with Crippen molar-refractivity contribution >= 4 is 23.4 Å². The Balaban J connectivity index is 1.34. The van der Waals surface area contributed by atoms with Gasteiger partial charge < -0.3 is 25.4 Å². The van der Waals surface area contributed by atoms with Crippen LogP contribution in [0.15, 0.2) is 42.5 Å². The number of hydrogen-bond donors (Lipinski definition) is 4. The summed E-state index contributed by atoms with van der Waals surface area (Å²) < 4.78 is 5.44. The van der Waals surface area contributed by atoms with Gasteiger partial charge in [-0.25, -0.2) is 4.98 Å². The van der Waals surface area contributed by atoms with Gasteiger partial charge in [0.2, 0.25) is 0 Å². The molecule has 1 saturated heterocycles. The molecule has 3 aromatic rings. The Morgan fingerprint density at radius 1 is 1.15 bits per heavy atom. The van der Waals surface area contributed by atoms with Crippen molar-refractivity contribution in [3.8, 4) is 5.75 Å². The minimum atomic E-state index is -1.39. The van der Waals surface area contributed by atoms with Crippen molar-refractivity contribution in [3.05, 3.63) is 59.3 Å². The van der Waals surface area contributed by atoms with E-state index >= 15 is 0 Å². The third-order valence-corrected chi connectivity index (χ3v) is 5.94. The molecule has 0 radical (unpaired) electrons. The van der Waals surface area contributed by atoms with Crippen LogP contribution in [0.4, 0.5) is 17.5 Å². The summed E-state index contributed by atoms with van der Waals surface area (Å²) in [6.45, 7) is 7.93. The monoisotopic (exact) mass is 464 g/mol. The van der Waals surface area contributed by atoms with Crippen molar-refractivity contribution in [1.82, 2.24) is 20.5 Å². The van der Waals surface area contributed by atoms with Gasteiger partial charge in [0.05, 0.1) is 6.61 Å². The standard InChI is InChI=1S/C25H32N6O3/c1-4-34-20-7-5-19(6-8-20)16-26-24(32)25(33)9-11-31(12-10-25)23-14-17(2)13-21(28-23)27-22-15-18(3)29-30-22/h5-8,13-15,33H,4,9-12,16H2,1-3H3,(H,26,32)(H2,27,28,29,30). The second-order valence-electron chi connectivity index (χ2n) is 8.73. The molecule has 4 rings (SSSR count). The van der Waals surface area contributed by atoms with E-state index < -0.39 is 5.60 Å². The highest BCUT2D eigenvalue weighted by molar-refractivity contribution is 5.85. The number of rotatable bonds is 8. The van der Waals surface area contributed by atoms with E-state index in [1.165, 1.54) is 0 Å². The maximum Gasteiger partial charge on any atom is 0.252 e. The Bertz CT molecular complexity index is 1120. The molecule has 9 nitrogen and oxygen atoms in total. The van der Waals surface area contributed by atoms with Gasteiger partial charge in [-0.2, -0.15) is 5.10 Å². The van der Waals surface area contributed by atoms with E-state index in [1.807, 2.05) is 63.2 Å². The molecular weight excluding hydrogens is 432 g/mol. The summed E-state index contributed by atoms with van der Waals surface area (Å²) in [7, 11) is 0. The number of nitrogens with one attached hydrogen (secondary N) is 3. The molecule has 0 spiro atoms. The molecule has 1 aromatic carbocycles. The summed E-state index contributed by atoms with van der Waals surface area (Å²) in [5.41, 5.74) is 1.59. The number of hydrogen-bond acceptors (Lipinski definition) is 7. The zero-order valence-corrected chi connectivity index (χ0v) is 19.9. The van der Waals surface area contributed by atoms with Crippen LogP contribution in [0, 0.1) is 13.8 Å². The van der Waals surface area contributed by atoms with Crippen molar-refractivity contribution in [2.45, 2.75) is 45.8 Å². The first-order chi connectivity index (χ1) is 16.3. The van der Waals surface area contributed by atoms with Gasteiger partial charge in [0.1, 0.15) is 23.0 Å². The third kappa shape index (κ3) is 5.66. The summed E-state index contributed by atoms with van der Waals surface area (Å²) in [4.78, 5) is 19.6. The summed E-state index contributed by atoms with van der Waals surface area (Å²) in [5.74, 6) is 2.68. The number of carbonyl (C=O) groups excluding carboxylic acids is 1. The SMILES string of the molecule is CCOc1ccc(CNC(=O)C2(O)CCN(c3cc(C)cc(Nc4cc(C)[nH]n4)n3)CC2)cc1. The minimum absolute atomic E-state index is 0.332. The van der Waals surface area contributed by atoms with Gasteiger partial charge in [0.15, 0.2) is 5.82 Å². The molecule has 34 heavy (non-hydrogen) atoms. The molecule has 9 heteroatoms. The molecule has 1 aliphatic heterocycles. The number of benzene rings is 1. The van der Waals surface area contributed by atoms with E-state index in [9.17, 15) is 9.90 Å². The molecule has 0 saturated carbocycles. The topological polar surface area (TPSA) is 115 Å². The minimum Gasteiger partial charge on any atom is -0.494 e. The Hall–Kier alpha value is -3.59. The number of aryl methyl sites for hydroxylation is 2. The fourth-order valence-corrected chi connectivity index (χ4v) is 4.04. The number of piperidine rings is 1. The Morgan fingerprint density at radius 2 is 1.88 bits per heavy atom. The average molecular weight is 465 g/mol. The Kier molecular flexibility index (Phi) is 7.02. The number of amides is 1. The van der Waals surface area contributed by atoms with Gasteiger partial charge in [0.25, 0.3) is 5.91 Å². The maximum absolute atomic E-state index is 12.8. The van der Waals surface area contributed by atoms with E-state index in [1.54, 1.807) is 0 Å². The molecule has 4 N–H and O–H groups in total. The van der Waals surface area contributed by atoms with Gasteiger partial charge in [0, 0.05) is 44.2 Å². The molecule has 0 unspecified atom stereocenters. The van der Waals surface area contributed by atoms with Crippen molar-refractivity contribution in [3.63, 3.8) is 0 Å². The van der Waals surface area contributed by atoms with Crippen LogP contribution in [0.25, 0.3) is 0 Å². The van der Waals surface area contributed by atoms with Gasteiger partial charge in [-0.1, -0.05) is 12.1 Å². The van der Waals surface area contributed by atoms with Crippen LogP contribution in [0.3, 0.4) is 0 Å². The van der Waals surface area contributed by atoms with Crippen LogP contribution >= 0.6 is 0 Å². The number of carbonyl (C=O) groups is 1. The number of aromatic amines is 1. The molecule has 0 atom stereocenters. The lowest BCUT2D eigenvalue weighted by molar-refractivity contribution is -0.142. The molecule has 0 aliphatic carbocycles. The number of nitrogens with zero attached hydrogens (tertiary/aromatic N) is 3.